The zero-order chi connectivity index (χ0) is 13.0. The third-order valence-corrected chi connectivity index (χ3v) is 2.87. The molecule has 1 N–H and O–H groups in total. The maximum Gasteiger partial charge on any atom is 0.0568 e. The van der Waals surface area contributed by atoms with E-state index >= 15 is 0 Å². The van der Waals surface area contributed by atoms with Gasteiger partial charge in [0.25, 0.3) is 0 Å². The van der Waals surface area contributed by atoms with Crippen molar-refractivity contribution in [1.29, 1.82) is 0 Å². The Morgan fingerprint density at radius 2 is 2.11 bits per heavy atom. The minimum absolute atomic E-state index is 0.200. The number of nitrogens with zero attached hydrogens (tertiary/aromatic N) is 3. The van der Waals surface area contributed by atoms with Gasteiger partial charge < -0.3 is 10.0 Å². The van der Waals surface area contributed by atoms with Crippen LogP contribution in [0.3, 0.4) is 0 Å². The van der Waals surface area contributed by atoms with Gasteiger partial charge in [0.05, 0.1) is 6.20 Å². The van der Waals surface area contributed by atoms with Gasteiger partial charge in [-0.1, -0.05) is 12.1 Å². The molecule has 0 saturated heterocycles. The van der Waals surface area contributed by atoms with Gasteiger partial charge in [0, 0.05) is 44.7 Å². The van der Waals surface area contributed by atoms with E-state index in [0.717, 1.165) is 24.1 Å². The number of benzene rings is 1. The minimum Gasteiger partial charge on any atom is -0.396 e. The molecule has 0 aliphatic carbocycles. The second-order valence-corrected chi connectivity index (χ2v) is 4.51. The van der Waals surface area contributed by atoms with Crippen molar-refractivity contribution in [3.05, 3.63) is 36.7 Å². The van der Waals surface area contributed by atoms with Gasteiger partial charge in [0.2, 0.25) is 0 Å². The highest BCUT2D eigenvalue weighted by atomic mass is 16.3. The van der Waals surface area contributed by atoms with Gasteiger partial charge in [-0.25, -0.2) is 0 Å². The lowest BCUT2D eigenvalue weighted by Crippen LogP contribution is -2.08. The number of aryl methyl sites for hydroxylation is 1. The van der Waals surface area contributed by atoms with E-state index in [1.165, 1.54) is 5.69 Å². The first kappa shape index (κ1) is 12.6. The van der Waals surface area contributed by atoms with Crippen molar-refractivity contribution in [1.82, 2.24) is 9.78 Å². The van der Waals surface area contributed by atoms with Crippen LogP contribution in [-0.4, -0.2) is 35.6 Å². The molecule has 96 valence electrons. The third-order valence-electron chi connectivity index (χ3n) is 2.87. The van der Waals surface area contributed by atoms with E-state index < -0.39 is 0 Å². The van der Waals surface area contributed by atoms with Gasteiger partial charge in [0.15, 0.2) is 0 Å². The fourth-order valence-electron chi connectivity index (χ4n) is 1.83. The van der Waals surface area contributed by atoms with Crippen LogP contribution in [0.15, 0.2) is 36.7 Å². The number of aliphatic hydroxyl groups excluding tert-OH is 1. The van der Waals surface area contributed by atoms with Crippen LogP contribution in [0.5, 0.6) is 0 Å². The van der Waals surface area contributed by atoms with Crippen LogP contribution in [-0.2, 0) is 6.54 Å². The highest BCUT2D eigenvalue weighted by molar-refractivity contribution is 5.67. The summed E-state index contributed by atoms with van der Waals surface area (Å²) < 4.78 is 1.87. The molecule has 0 unspecified atom stereocenters. The number of aromatic nitrogens is 2. The highest BCUT2D eigenvalue weighted by Crippen LogP contribution is 2.23. The molecule has 4 heteroatoms. The first-order valence-corrected chi connectivity index (χ1v) is 6.12. The molecule has 0 aliphatic rings. The molecule has 1 aromatic heterocycles. The smallest absolute Gasteiger partial charge is 0.0568 e. The molecule has 0 spiro atoms. The minimum atomic E-state index is 0.200. The lowest BCUT2D eigenvalue weighted by Gasteiger charge is -2.12. The zero-order valence-electron chi connectivity index (χ0n) is 10.9. The van der Waals surface area contributed by atoms with Crippen molar-refractivity contribution in [2.24, 2.45) is 0 Å². The number of aliphatic hydroxyl groups is 1. The molecular formula is C14H19N3O. The van der Waals surface area contributed by atoms with E-state index in [1.807, 2.05) is 31.2 Å². The topological polar surface area (TPSA) is 41.3 Å². The second-order valence-electron chi connectivity index (χ2n) is 4.51. The molecule has 1 aromatic carbocycles. The Morgan fingerprint density at radius 1 is 1.28 bits per heavy atom. The summed E-state index contributed by atoms with van der Waals surface area (Å²) in [7, 11) is 4.06. The largest absolute Gasteiger partial charge is 0.396 e. The molecule has 0 fully saturated rings. The summed E-state index contributed by atoms with van der Waals surface area (Å²) in [5, 5.41) is 13.1. The number of anilines is 1. The van der Waals surface area contributed by atoms with Gasteiger partial charge in [-0.05, 0) is 24.1 Å². The highest BCUT2D eigenvalue weighted by Gasteiger charge is 2.03. The Morgan fingerprint density at radius 3 is 2.83 bits per heavy atom. The predicted octanol–water partition coefficient (Wildman–Crippen LogP) is 2.00. The van der Waals surface area contributed by atoms with E-state index in [0.29, 0.717) is 0 Å². The molecule has 0 saturated carbocycles. The monoisotopic (exact) mass is 245 g/mol. The van der Waals surface area contributed by atoms with E-state index in [1.54, 1.807) is 0 Å². The van der Waals surface area contributed by atoms with Crippen LogP contribution in [0, 0.1) is 0 Å². The molecule has 4 nitrogen and oxygen atoms in total. The maximum absolute atomic E-state index is 8.80. The number of rotatable bonds is 5. The van der Waals surface area contributed by atoms with Gasteiger partial charge in [-0.2, -0.15) is 5.10 Å². The Kier molecular flexibility index (Phi) is 3.99. The van der Waals surface area contributed by atoms with E-state index in [-0.39, 0.29) is 6.61 Å². The molecule has 2 aromatic rings. The zero-order valence-corrected chi connectivity index (χ0v) is 10.9. The van der Waals surface area contributed by atoms with Crippen molar-refractivity contribution in [2.75, 3.05) is 25.6 Å². The average molecular weight is 245 g/mol. The standard InChI is InChI=1S/C14H19N3O/c1-16(2)14-6-3-5-12(9-14)13-10-15-17(11-13)7-4-8-18/h3,5-6,9-11,18H,4,7-8H2,1-2H3. The summed E-state index contributed by atoms with van der Waals surface area (Å²) in [6.45, 7) is 0.954. The lowest BCUT2D eigenvalue weighted by atomic mass is 10.1. The average Bonchev–Trinajstić information content (AvgIpc) is 2.85. The third kappa shape index (κ3) is 2.90. The summed E-state index contributed by atoms with van der Waals surface area (Å²) in [5.41, 5.74) is 3.45. The van der Waals surface area contributed by atoms with Crippen LogP contribution >= 0.6 is 0 Å². The summed E-state index contributed by atoms with van der Waals surface area (Å²) in [6.07, 6.45) is 4.62. The van der Waals surface area contributed by atoms with Crippen LogP contribution in [0.1, 0.15) is 6.42 Å². The normalized spacial score (nSPS) is 10.6. The molecule has 0 radical (unpaired) electrons. The summed E-state index contributed by atoms with van der Waals surface area (Å²) >= 11 is 0. The summed E-state index contributed by atoms with van der Waals surface area (Å²) in [6, 6.07) is 8.36. The Bertz CT molecular complexity index is 505. The summed E-state index contributed by atoms with van der Waals surface area (Å²) in [4.78, 5) is 2.08. The Labute approximate surface area is 107 Å². The SMILES string of the molecule is CN(C)c1cccc(-c2cnn(CCCO)c2)c1. The van der Waals surface area contributed by atoms with Crippen molar-refractivity contribution < 1.29 is 5.11 Å². The van der Waals surface area contributed by atoms with Gasteiger partial charge >= 0.3 is 0 Å². The fraction of sp³-hybridized carbons (Fsp3) is 0.357. The van der Waals surface area contributed by atoms with Gasteiger partial charge in [-0.3, -0.25) is 4.68 Å². The first-order chi connectivity index (χ1) is 8.70. The van der Waals surface area contributed by atoms with E-state index in [9.17, 15) is 0 Å². The lowest BCUT2D eigenvalue weighted by molar-refractivity contribution is 0.277. The van der Waals surface area contributed by atoms with E-state index in [2.05, 4.69) is 34.3 Å². The van der Waals surface area contributed by atoms with Crippen LogP contribution in [0.25, 0.3) is 11.1 Å². The van der Waals surface area contributed by atoms with Crippen molar-refractivity contribution in [2.45, 2.75) is 13.0 Å². The van der Waals surface area contributed by atoms with Crippen molar-refractivity contribution in [3.8, 4) is 11.1 Å². The number of hydrogen-bond donors (Lipinski definition) is 1. The van der Waals surface area contributed by atoms with Crippen LogP contribution in [0.2, 0.25) is 0 Å². The maximum atomic E-state index is 8.80. The molecular weight excluding hydrogens is 226 g/mol. The molecule has 2 rings (SSSR count). The van der Waals surface area contributed by atoms with Gasteiger partial charge in [-0.15, -0.1) is 0 Å². The number of hydrogen-bond acceptors (Lipinski definition) is 3. The molecule has 0 bridgehead atoms. The fourth-order valence-corrected chi connectivity index (χ4v) is 1.83. The predicted molar refractivity (Wildman–Crippen MR) is 73.7 cm³/mol. The quantitative estimate of drug-likeness (QED) is 0.876. The van der Waals surface area contributed by atoms with Gasteiger partial charge in [0.1, 0.15) is 0 Å². The van der Waals surface area contributed by atoms with E-state index in [4.69, 9.17) is 5.11 Å². The Hall–Kier alpha value is -1.81. The molecule has 1 heterocycles. The van der Waals surface area contributed by atoms with Crippen molar-refractivity contribution in [3.63, 3.8) is 0 Å². The molecule has 0 amide bonds. The van der Waals surface area contributed by atoms with Crippen molar-refractivity contribution >= 4 is 5.69 Å². The molecule has 0 atom stereocenters. The molecule has 0 aliphatic heterocycles. The second kappa shape index (κ2) is 5.69. The summed E-state index contributed by atoms with van der Waals surface area (Å²) in [5.74, 6) is 0. The van der Waals surface area contributed by atoms with Crippen LogP contribution < -0.4 is 4.90 Å². The first-order valence-electron chi connectivity index (χ1n) is 6.12. The molecule has 18 heavy (non-hydrogen) atoms. The van der Waals surface area contributed by atoms with Crippen LogP contribution in [0.4, 0.5) is 5.69 Å². The Balaban J connectivity index is 2.20.